The van der Waals surface area contributed by atoms with Crippen LogP contribution in [-0.4, -0.2) is 35.7 Å². The fourth-order valence-corrected chi connectivity index (χ4v) is 1.60. The molecule has 0 aromatic carbocycles. The van der Waals surface area contributed by atoms with E-state index in [1.807, 2.05) is 6.08 Å². The number of carbonyl (C=O) groups is 2. The van der Waals surface area contributed by atoms with Gasteiger partial charge in [0.1, 0.15) is 0 Å². The molecule has 5 heteroatoms. The molecule has 0 radical (unpaired) electrons. The topological polar surface area (TPSA) is 66.8 Å². The van der Waals surface area contributed by atoms with Gasteiger partial charge >= 0.3 is 5.97 Å². The van der Waals surface area contributed by atoms with E-state index in [2.05, 4.69) is 6.92 Å². The van der Waals surface area contributed by atoms with Crippen molar-refractivity contribution in [2.75, 3.05) is 13.7 Å². The number of hydrogen-bond acceptors (Lipinski definition) is 3. The number of allylic oxidation sites excluding steroid dienone is 1. The Hall–Kier alpha value is -1.36. The Bertz CT molecular complexity index is 289. The molecule has 0 saturated carbocycles. The van der Waals surface area contributed by atoms with Gasteiger partial charge in [-0.3, -0.25) is 14.4 Å². The Morgan fingerprint density at radius 2 is 1.95 bits per heavy atom. The average Bonchev–Trinajstić information content (AvgIpc) is 2.38. The first kappa shape index (κ1) is 17.6. The van der Waals surface area contributed by atoms with E-state index in [0.29, 0.717) is 19.4 Å². The molecule has 110 valence electrons. The van der Waals surface area contributed by atoms with Crippen LogP contribution in [0.15, 0.2) is 12.2 Å². The monoisotopic (exact) mass is 271 g/mol. The Labute approximate surface area is 115 Å². The van der Waals surface area contributed by atoms with E-state index in [1.54, 1.807) is 0 Å². The van der Waals surface area contributed by atoms with Gasteiger partial charge in [-0.25, -0.2) is 5.06 Å². The summed E-state index contributed by atoms with van der Waals surface area (Å²) in [5.74, 6) is -1.000. The Morgan fingerprint density at radius 1 is 1.21 bits per heavy atom. The number of hydrogen-bond donors (Lipinski definition) is 1. The van der Waals surface area contributed by atoms with E-state index in [1.165, 1.54) is 24.7 Å². The van der Waals surface area contributed by atoms with Gasteiger partial charge in [0.2, 0.25) is 0 Å². The molecule has 5 nitrogen and oxygen atoms in total. The molecule has 0 saturated heterocycles. The minimum Gasteiger partial charge on any atom is -0.481 e. The van der Waals surface area contributed by atoms with Gasteiger partial charge in [0.15, 0.2) is 0 Å². The smallest absolute Gasteiger partial charge is 0.303 e. The number of rotatable bonds is 11. The molecule has 0 aromatic rings. The lowest BCUT2D eigenvalue weighted by molar-refractivity contribution is -0.170. The largest absolute Gasteiger partial charge is 0.481 e. The first-order valence-corrected chi connectivity index (χ1v) is 6.85. The van der Waals surface area contributed by atoms with Crippen LogP contribution in [0.2, 0.25) is 0 Å². The van der Waals surface area contributed by atoms with E-state index in [0.717, 1.165) is 19.3 Å². The third kappa shape index (κ3) is 10.3. The van der Waals surface area contributed by atoms with E-state index in [-0.39, 0.29) is 12.3 Å². The average molecular weight is 271 g/mol. The highest BCUT2D eigenvalue weighted by molar-refractivity contribution is 5.86. The molecule has 0 aromatic heterocycles. The normalized spacial score (nSPS) is 10.8. The van der Waals surface area contributed by atoms with Gasteiger partial charge in [-0.15, -0.1) is 0 Å². The van der Waals surface area contributed by atoms with Crippen molar-refractivity contribution in [3.8, 4) is 0 Å². The lowest BCUT2D eigenvalue weighted by Gasteiger charge is -2.17. The zero-order valence-electron chi connectivity index (χ0n) is 11.9. The highest BCUT2D eigenvalue weighted by atomic mass is 16.7. The second-order valence-electron chi connectivity index (χ2n) is 4.37. The zero-order valence-corrected chi connectivity index (χ0v) is 11.9. The van der Waals surface area contributed by atoms with E-state index in [9.17, 15) is 9.59 Å². The molecule has 1 N–H and O–H groups in total. The second-order valence-corrected chi connectivity index (χ2v) is 4.37. The van der Waals surface area contributed by atoms with Gasteiger partial charge in [0.05, 0.1) is 7.11 Å². The van der Waals surface area contributed by atoms with Crippen molar-refractivity contribution in [3.05, 3.63) is 12.2 Å². The number of nitrogens with zero attached hydrogens (tertiary/aromatic N) is 1. The van der Waals surface area contributed by atoms with Gasteiger partial charge in [0, 0.05) is 19.0 Å². The predicted molar refractivity (Wildman–Crippen MR) is 73.5 cm³/mol. The van der Waals surface area contributed by atoms with Crippen molar-refractivity contribution in [2.45, 2.75) is 51.9 Å². The molecule has 1 amide bonds. The lowest BCUT2D eigenvalue weighted by atomic mass is 10.2. The summed E-state index contributed by atoms with van der Waals surface area (Å²) in [7, 11) is 1.44. The van der Waals surface area contributed by atoms with Crippen molar-refractivity contribution in [1.82, 2.24) is 5.06 Å². The van der Waals surface area contributed by atoms with Crippen molar-refractivity contribution in [2.24, 2.45) is 0 Å². The maximum absolute atomic E-state index is 11.7. The minimum atomic E-state index is -0.814. The lowest BCUT2D eigenvalue weighted by Crippen LogP contribution is -2.29. The fraction of sp³-hybridized carbons (Fsp3) is 0.714. The third-order valence-electron chi connectivity index (χ3n) is 2.70. The molecule has 19 heavy (non-hydrogen) atoms. The Morgan fingerprint density at radius 3 is 2.53 bits per heavy atom. The van der Waals surface area contributed by atoms with Crippen LogP contribution in [0.4, 0.5) is 0 Å². The first-order valence-electron chi connectivity index (χ1n) is 6.85. The van der Waals surface area contributed by atoms with Crippen LogP contribution >= 0.6 is 0 Å². The molecule has 0 unspecified atom stereocenters. The summed E-state index contributed by atoms with van der Waals surface area (Å²) < 4.78 is 0. The van der Waals surface area contributed by atoms with Crippen molar-refractivity contribution in [3.63, 3.8) is 0 Å². The number of carboxylic acids is 1. The molecular weight excluding hydrogens is 246 g/mol. The van der Waals surface area contributed by atoms with Gasteiger partial charge in [-0.2, -0.15) is 0 Å². The summed E-state index contributed by atoms with van der Waals surface area (Å²) in [6, 6.07) is 0. The van der Waals surface area contributed by atoms with Crippen LogP contribution in [-0.2, 0) is 14.4 Å². The Kier molecular flexibility index (Phi) is 10.9. The van der Waals surface area contributed by atoms with E-state index < -0.39 is 5.97 Å². The highest BCUT2D eigenvalue weighted by Crippen LogP contribution is 2.03. The van der Waals surface area contributed by atoms with Crippen molar-refractivity contribution in [1.29, 1.82) is 0 Å². The molecule has 0 atom stereocenters. The first-order chi connectivity index (χ1) is 9.11. The summed E-state index contributed by atoms with van der Waals surface area (Å²) in [6.07, 6.45) is 8.99. The number of carboxylic acid groups (broad SMARTS) is 1. The van der Waals surface area contributed by atoms with Crippen LogP contribution < -0.4 is 0 Å². The van der Waals surface area contributed by atoms with Gasteiger partial charge in [0.25, 0.3) is 5.91 Å². The number of unbranched alkanes of at least 4 members (excludes halogenated alkanes) is 4. The summed E-state index contributed by atoms with van der Waals surface area (Å²) in [5.41, 5.74) is 0. The quantitative estimate of drug-likeness (QED) is 0.356. The third-order valence-corrected chi connectivity index (χ3v) is 2.70. The number of hydroxylamine groups is 2. The number of carbonyl (C=O) groups excluding carboxylic acids is 1. The number of aliphatic carboxylic acids is 1. The van der Waals surface area contributed by atoms with Gasteiger partial charge < -0.3 is 5.11 Å². The van der Waals surface area contributed by atoms with Crippen LogP contribution in [0.5, 0.6) is 0 Å². The van der Waals surface area contributed by atoms with Crippen molar-refractivity contribution >= 4 is 11.9 Å². The molecule has 0 rings (SSSR count). The molecule has 0 spiro atoms. The minimum absolute atomic E-state index is 0.124. The predicted octanol–water partition coefficient (Wildman–Crippen LogP) is 2.77. The second kappa shape index (κ2) is 11.7. The van der Waals surface area contributed by atoms with Gasteiger partial charge in [-0.1, -0.05) is 25.8 Å². The molecule has 0 aliphatic heterocycles. The molecule has 0 fully saturated rings. The van der Waals surface area contributed by atoms with Crippen LogP contribution in [0.3, 0.4) is 0 Å². The maximum Gasteiger partial charge on any atom is 0.303 e. The molecule has 0 aliphatic rings. The Balaban J connectivity index is 3.86. The van der Waals surface area contributed by atoms with Crippen LogP contribution in [0.1, 0.15) is 51.9 Å². The van der Waals surface area contributed by atoms with Crippen LogP contribution in [0.25, 0.3) is 0 Å². The number of amides is 1. The molecule has 0 aliphatic carbocycles. The summed E-state index contributed by atoms with van der Waals surface area (Å²) in [5, 5.41) is 9.77. The SMILES string of the molecule is CCCCCC=CC(=O)N(CCCCC(=O)O)OC. The highest BCUT2D eigenvalue weighted by Gasteiger charge is 2.09. The summed E-state index contributed by atoms with van der Waals surface area (Å²) in [4.78, 5) is 27.1. The maximum atomic E-state index is 11.7. The van der Waals surface area contributed by atoms with E-state index >= 15 is 0 Å². The summed E-state index contributed by atoms with van der Waals surface area (Å²) in [6.45, 7) is 2.56. The summed E-state index contributed by atoms with van der Waals surface area (Å²) >= 11 is 0. The standard InChI is InChI=1S/C14H25NO4/c1-3-4-5-6-7-10-13(16)15(19-2)12-9-8-11-14(17)18/h7,10H,3-6,8-9,11-12H2,1-2H3,(H,17,18). The zero-order chi connectivity index (χ0) is 14.5. The van der Waals surface area contributed by atoms with E-state index in [4.69, 9.17) is 9.94 Å². The molecule has 0 bridgehead atoms. The van der Waals surface area contributed by atoms with Crippen LogP contribution in [0, 0.1) is 0 Å². The molecular formula is C14H25NO4. The van der Waals surface area contributed by atoms with Gasteiger partial charge in [-0.05, 0) is 25.7 Å². The van der Waals surface area contributed by atoms with Crippen molar-refractivity contribution < 1.29 is 19.5 Å². The fourth-order valence-electron chi connectivity index (χ4n) is 1.60. The molecule has 0 heterocycles.